The van der Waals surface area contributed by atoms with Gasteiger partial charge in [0.25, 0.3) is 0 Å². The van der Waals surface area contributed by atoms with Crippen LogP contribution < -0.4 is 14.6 Å². The summed E-state index contributed by atoms with van der Waals surface area (Å²) in [6.07, 6.45) is 4.72. The molecule has 1 aliphatic rings. The Labute approximate surface area is 111 Å². The molecular formula is C9H13N3O5S2. The van der Waals surface area contributed by atoms with E-state index >= 15 is 0 Å². The van der Waals surface area contributed by atoms with Crippen LogP contribution in [-0.4, -0.2) is 34.2 Å². The van der Waals surface area contributed by atoms with Crippen LogP contribution in [0.3, 0.4) is 0 Å². The van der Waals surface area contributed by atoms with Crippen LogP contribution in [-0.2, 0) is 20.0 Å². The Morgan fingerprint density at radius 2 is 1.95 bits per heavy atom. The Hall–Kier alpha value is -1.39. The van der Waals surface area contributed by atoms with Gasteiger partial charge in [0, 0.05) is 0 Å². The summed E-state index contributed by atoms with van der Waals surface area (Å²) in [5, 5.41) is 5.10. The first-order chi connectivity index (χ1) is 8.67. The molecule has 3 N–H and O–H groups in total. The first kappa shape index (κ1) is 14.0. The van der Waals surface area contributed by atoms with Gasteiger partial charge < -0.3 is 4.74 Å². The van der Waals surface area contributed by atoms with Gasteiger partial charge in [-0.15, -0.1) is 0 Å². The Bertz CT molecular complexity index is 695. The van der Waals surface area contributed by atoms with Crippen LogP contribution in [0.1, 0.15) is 12.8 Å². The molecule has 106 valence electrons. The lowest BCUT2D eigenvalue weighted by Gasteiger charge is -2.13. The number of aromatic nitrogens is 1. The Morgan fingerprint density at radius 3 is 2.42 bits per heavy atom. The van der Waals surface area contributed by atoms with Crippen molar-refractivity contribution in [1.29, 1.82) is 0 Å². The van der Waals surface area contributed by atoms with Crippen molar-refractivity contribution in [3.8, 4) is 5.75 Å². The van der Waals surface area contributed by atoms with Crippen LogP contribution in [0, 0.1) is 0 Å². The predicted molar refractivity (Wildman–Crippen MR) is 67.7 cm³/mol. The average molecular weight is 307 g/mol. The number of sulfonamides is 2. The smallest absolute Gasteiger partial charge is 0.243 e. The van der Waals surface area contributed by atoms with E-state index in [1.165, 1.54) is 6.20 Å². The highest BCUT2D eigenvalue weighted by atomic mass is 32.2. The minimum atomic E-state index is -4.15. The maximum atomic E-state index is 11.6. The van der Waals surface area contributed by atoms with Crippen molar-refractivity contribution in [3.05, 3.63) is 12.4 Å². The van der Waals surface area contributed by atoms with E-state index in [2.05, 4.69) is 9.71 Å². The quantitative estimate of drug-likeness (QED) is 0.764. The van der Waals surface area contributed by atoms with Crippen molar-refractivity contribution in [3.63, 3.8) is 0 Å². The first-order valence-corrected chi connectivity index (χ1v) is 8.76. The lowest BCUT2D eigenvalue weighted by Crippen LogP contribution is -2.19. The van der Waals surface area contributed by atoms with Crippen LogP contribution in [0.5, 0.6) is 5.75 Å². The van der Waals surface area contributed by atoms with Crippen molar-refractivity contribution in [2.75, 3.05) is 11.0 Å². The maximum absolute atomic E-state index is 11.6. The Morgan fingerprint density at radius 1 is 1.32 bits per heavy atom. The van der Waals surface area contributed by atoms with Gasteiger partial charge in [-0.2, -0.15) is 0 Å². The molecule has 0 atom stereocenters. The predicted octanol–water partition coefficient (Wildman–Crippen LogP) is -0.358. The minimum absolute atomic E-state index is 0.0429. The van der Waals surface area contributed by atoms with Crippen molar-refractivity contribution < 1.29 is 21.6 Å². The molecule has 0 aromatic carbocycles. The van der Waals surface area contributed by atoms with Gasteiger partial charge in [0.1, 0.15) is 0 Å². The number of anilines is 1. The molecule has 1 saturated carbocycles. The van der Waals surface area contributed by atoms with E-state index in [4.69, 9.17) is 9.88 Å². The van der Waals surface area contributed by atoms with Gasteiger partial charge in [-0.3, -0.25) is 9.71 Å². The fourth-order valence-corrected chi connectivity index (χ4v) is 2.86. The van der Waals surface area contributed by atoms with E-state index in [0.29, 0.717) is 0 Å². The summed E-state index contributed by atoms with van der Waals surface area (Å²) in [4.78, 5) is 3.35. The van der Waals surface area contributed by atoms with Crippen molar-refractivity contribution in [2.45, 2.75) is 23.8 Å². The van der Waals surface area contributed by atoms with Crippen molar-refractivity contribution in [1.82, 2.24) is 4.98 Å². The Balaban J connectivity index is 2.52. The van der Waals surface area contributed by atoms with Gasteiger partial charge in [0.05, 0.1) is 30.4 Å². The summed E-state index contributed by atoms with van der Waals surface area (Å²) in [6, 6.07) is 0. The van der Waals surface area contributed by atoms with Gasteiger partial charge in [-0.1, -0.05) is 0 Å². The standard InChI is InChI=1S/C9H13N3O5S2/c1-18(13,14)12-7-4-11-5-8(17-6-2-3-6)9(7)19(10,15)16/h4-6,12H,2-3H2,1H3,(H2,10,15,16). The first-order valence-electron chi connectivity index (χ1n) is 5.32. The topological polar surface area (TPSA) is 128 Å². The molecule has 1 aliphatic carbocycles. The highest BCUT2D eigenvalue weighted by molar-refractivity contribution is 7.92. The summed E-state index contributed by atoms with van der Waals surface area (Å²) in [7, 11) is -7.80. The number of ether oxygens (including phenoxy) is 1. The third-order valence-electron chi connectivity index (χ3n) is 2.26. The third-order valence-corrected chi connectivity index (χ3v) is 3.84. The number of rotatable bonds is 5. The molecule has 0 saturated heterocycles. The van der Waals surface area contributed by atoms with E-state index in [-0.39, 0.29) is 17.5 Å². The van der Waals surface area contributed by atoms with E-state index in [0.717, 1.165) is 25.3 Å². The maximum Gasteiger partial charge on any atom is 0.243 e. The summed E-state index contributed by atoms with van der Waals surface area (Å²) in [5.74, 6) is -0.0429. The number of hydrogen-bond acceptors (Lipinski definition) is 6. The number of nitrogens with zero attached hydrogens (tertiary/aromatic N) is 1. The second kappa shape index (κ2) is 4.62. The van der Waals surface area contributed by atoms with E-state index in [1.807, 2.05) is 0 Å². The van der Waals surface area contributed by atoms with Gasteiger partial charge in [0.2, 0.25) is 20.0 Å². The average Bonchev–Trinajstić information content (AvgIpc) is 2.97. The molecule has 1 heterocycles. The van der Waals surface area contributed by atoms with E-state index < -0.39 is 24.9 Å². The molecule has 1 aromatic rings. The van der Waals surface area contributed by atoms with E-state index in [9.17, 15) is 16.8 Å². The largest absolute Gasteiger partial charge is 0.487 e. The second-order valence-electron chi connectivity index (χ2n) is 4.25. The molecule has 0 spiro atoms. The highest BCUT2D eigenvalue weighted by Crippen LogP contribution is 2.34. The van der Waals surface area contributed by atoms with Crippen LogP contribution in [0.4, 0.5) is 5.69 Å². The Kier molecular flexibility index (Phi) is 3.41. The van der Waals surface area contributed by atoms with Crippen LogP contribution in [0.25, 0.3) is 0 Å². The number of primary sulfonamides is 1. The summed E-state index contributed by atoms with van der Waals surface area (Å²) in [6.45, 7) is 0. The molecule has 0 unspecified atom stereocenters. The van der Waals surface area contributed by atoms with Crippen LogP contribution >= 0.6 is 0 Å². The molecule has 0 bridgehead atoms. The van der Waals surface area contributed by atoms with Gasteiger partial charge in [-0.05, 0) is 12.8 Å². The fraction of sp³-hybridized carbons (Fsp3) is 0.444. The fourth-order valence-electron chi connectivity index (χ4n) is 1.44. The van der Waals surface area contributed by atoms with Gasteiger partial charge in [0.15, 0.2) is 10.6 Å². The molecule has 10 heteroatoms. The normalized spacial score (nSPS) is 16.1. The molecule has 2 rings (SSSR count). The summed E-state index contributed by atoms with van der Waals surface area (Å²) < 4.78 is 53.1. The molecule has 19 heavy (non-hydrogen) atoms. The van der Waals surface area contributed by atoms with Crippen LogP contribution in [0.15, 0.2) is 17.3 Å². The molecule has 0 aliphatic heterocycles. The second-order valence-corrected chi connectivity index (χ2v) is 7.50. The lowest BCUT2D eigenvalue weighted by atomic mass is 10.4. The molecule has 1 aromatic heterocycles. The van der Waals surface area contributed by atoms with Crippen LogP contribution in [0.2, 0.25) is 0 Å². The zero-order valence-electron chi connectivity index (χ0n) is 10.0. The molecular weight excluding hydrogens is 294 g/mol. The molecule has 8 nitrogen and oxygen atoms in total. The summed E-state index contributed by atoms with van der Waals surface area (Å²) in [5.41, 5.74) is -0.219. The van der Waals surface area contributed by atoms with Gasteiger partial charge in [-0.25, -0.2) is 22.0 Å². The zero-order chi connectivity index (χ0) is 14.3. The van der Waals surface area contributed by atoms with E-state index in [1.54, 1.807) is 0 Å². The third kappa shape index (κ3) is 3.78. The number of pyridine rings is 1. The number of hydrogen-bond donors (Lipinski definition) is 2. The zero-order valence-corrected chi connectivity index (χ0v) is 11.7. The monoisotopic (exact) mass is 307 g/mol. The molecule has 0 radical (unpaired) electrons. The molecule has 0 amide bonds. The van der Waals surface area contributed by atoms with Crippen molar-refractivity contribution in [2.24, 2.45) is 5.14 Å². The highest BCUT2D eigenvalue weighted by Gasteiger charge is 2.29. The number of nitrogens with one attached hydrogen (secondary N) is 1. The number of nitrogens with two attached hydrogens (primary N) is 1. The summed E-state index contributed by atoms with van der Waals surface area (Å²) >= 11 is 0. The minimum Gasteiger partial charge on any atom is -0.487 e. The molecule has 1 fully saturated rings. The van der Waals surface area contributed by atoms with Crippen molar-refractivity contribution >= 4 is 25.7 Å². The van der Waals surface area contributed by atoms with Gasteiger partial charge >= 0.3 is 0 Å². The lowest BCUT2D eigenvalue weighted by molar-refractivity contribution is 0.294. The SMILES string of the molecule is CS(=O)(=O)Nc1cncc(OC2CC2)c1S(N)(=O)=O.